The van der Waals surface area contributed by atoms with E-state index in [2.05, 4.69) is 10.6 Å². The van der Waals surface area contributed by atoms with Crippen LogP contribution in [0.3, 0.4) is 0 Å². The van der Waals surface area contributed by atoms with E-state index in [0.717, 1.165) is 45.1 Å². The molecule has 0 bridgehead atoms. The third-order valence-corrected chi connectivity index (χ3v) is 5.06. The molecule has 1 atom stereocenters. The van der Waals surface area contributed by atoms with Crippen molar-refractivity contribution in [2.45, 2.75) is 50.2 Å². The van der Waals surface area contributed by atoms with E-state index >= 15 is 0 Å². The minimum Gasteiger partial charge on any atom is -0.388 e. The largest absolute Gasteiger partial charge is 0.388 e. The van der Waals surface area contributed by atoms with Crippen LogP contribution >= 0.6 is 0 Å². The molecule has 1 aliphatic heterocycles. The topological polar surface area (TPSA) is 64.6 Å². The highest BCUT2D eigenvalue weighted by Gasteiger charge is 2.31. The molecule has 1 aromatic carbocycles. The summed E-state index contributed by atoms with van der Waals surface area (Å²) in [5.74, 6) is -0.231. The van der Waals surface area contributed by atoms with Crippen LogP contribution in [0.5, 0.6) is 0 Å². The van der Waals surface area contributed by atoms with Crippen LogP contribution in [0.25, 0.3) is 0 Å². The molecule has 1 saturated carbocycles. The van der Waals surface area contributed by atoms with E-state index in [0.29, 0.717) is 18.8 Å². The van der Waals surface area contributed by atoms with Crippen LogP contribution in [-0.2, 0) is 0 Å². The third-order valence-electron chi connectivity index (χ3n) is 5.06. The number of amides is 2. The summed E-state index contributed by atoms with van der Waals surface area (Å²) in [6.07, 6.45) is 5.31. The van der Waals surface area contributed by atoms with Crippen LogP contribution in [-0.4, -0.2) is 42.4 Å². The van der Waals surface area contributed by atoms with E-state index < -0.39 is 5.60 Å². The number of para-hydroxylation sites is 1. The minimum absolute atomic E-state index is 0.0171. The molecule has 0 aromatic heterocycles. The van der Waals surface area contributed by atoms with Gasteiger partial charge in [0, 0.05) is 25.7 Å². The lowest BCUT2D eigenvalue weighted by Gasteiger charge is -2.35. The molecule has 6 heteroatoms. The maximum atomic E-state index is 13.9. The Hall–Kier alpha value is -1.82. The number of benzene rings is 1. The van der Waals surface area contributed by atoms with Crippen molar-refractivity contribution >= 4 is 11.7 Å². The molecule has 1 aromatic rings. The average molecular weight is 335 g/mol. The molecular formula is C18H26FN3O2. The number of carbonyl (C=O) groups is 1. The second-order valence-corrected chi connectivity index (χ2v) is 7.00. The SMILES string of the molecule is O=C(NCC1(O)CCCC1)NC1CCCN(c2ccccc2F)C1. The van der Waals surface area contributed by atoms with Crippen molar-refractivity contribution in [3.8, 4) is 0 Å². The highest BCUT2D eigenvalue weighted by molar-refractivity contribution is 5.74. The number of rotatable bonds is 4. The normalized spacial score (nSPS) is 23.1. The molecule has 2 aliphatic rings. The number of hydrogen-bond acceptors (Lipinski definition) is 3. The van der Waals surface area contributed by atoms with Gasteiger partial charge in [0.2, 0.25) is 0 Å². The first-order chi connectivity index (χ1) is 11.6. The van der Waals surface area contributed by atoms with E-state index in [4.69, 9.17) is 0 Å². The predicted molar refractivity (Wildman–Crippen MR) is 91.6 cm³/mol. The van der Waals surface area contributed by atoms with Gasteiger partial charge in [-0.05, 0) is 37.8 Å². The molecule has 1 unspecified atom stereocenters. The average Bonchev–Trinajstić information content (AvgIpc) is 3.01. The third kappa shape index (κ3) is 4.17. The fourth-order valence-electron chi connectivity index (χ4n) is 3.71. The fourth-order valence-corrected chi connectivity index (χ4v) is 3.71. The lowest BCUT2D eigenvalue weighted by atomic mass is 10.0. The van der Waals surface area contributed by atoms with Gasteiger partial charge in [-0.25, -0.2) is 9.18 Å². The van der Waals surface area contributed by atoms with Gasteiger partial charge in [0.15, 0.2) is 0 Å². The molecule has 1 saturated heterocycles. The van der Waals surface area contributed by atoms with Crippen LogP contribution in [0.2, 0.25) is 0 Å². The van der Waals surface area contributed by atoms with E-state index in [-0.39, 0.29) is 17.9 Å². The van der Waals surface area contributed by atoms with Gasteiger partial charge >= 0.3 is 6.03 Å². The summed E-state index contributed by atoms with van der Waals surface area (Å²) in [6, 6.07) is 6.46. The summed E-state index contributed by atoms with van der Waals surface area (Å²) in [5, 5.41) is 16.0. The predicted octanol–water partition coefficient (Wildman–Crippen LogP) is 2.40. The Labute approximate surface area is 142 Å². The molecule has 24 heavy (non-hydrogen) atoms. The van der Waals surface area contributed by atoms with Crippen LogP contribution in [0.4, 0.5) is 14.9 Å². The van der Waals surface area contributed by atoms with E-state index in [1.165, 1.54) is 6.07 Å². The van der Waals surface area contributed by atoms with Crippen LogP contribution in [0.1, 0.15) is 38.5 Å². The Morgan fingerprint density at radius 3 is 2.79 bits per heavy atom. The molecular weight excluding hydrogens is 309 g/mol. The summed E-state index contributed by atoms with van der Waals surface area (Å²) in [4.78, 5) is 14.1. The van der Waals surface area contributed by atoms with Gasteiger partial charge < -0.3 is 20.6 Å². The number of halogens is 1. The molecule has 3 rings (SSSR count). The van der Waals surface area contributed by atoms with Crippen LogP contribution in [0, 0.1) is 5.82 Å². The van der Waals surface area contributed by atoms with Gasteiger partial charge in [0.25, 0.3) is 0 Å². The van der Waals surface area contributed by atoms with Crippen molar-refractivity contribution < 1.29 is 14.3 Å². The first-order valence-electron chi connectivity index (χ1n) is 8.82. The minimum atomic E-state index is -0.747. The van der Waals surface area contributed by atoms with Crippen molar-refractivity contribution in [2.24, 2.45) is 0 Å². The molecule has 3 N–H and O–H groups in total. The summed E-state index contributed by atoms with van der Waals surface area (Å²) in [7, 11) is 0. The molecule has 0 spiro atoms. The Morgan fingerprint density at radius 1 is 1.29 bits per heavy atom. The van der Waals surface area contributed by atoms with Crippen molar-refractivity contribution in [3.05, 3.63) is 30.1 Å². The maximum absolute atomic E-state index is 13.9. The van der Waals surface area contributed by atoms with Gasteiger partial charge in [-0.1, -0.05) is 25.0 Å². The number of nitrogens with one attached hydrogen (secondary N) is 2. The fraction of sp³-hybridized carbons (Fsp3) is 0.611. The number of carbonyl (C=O) groups excluding carboxylic acids is 1. The van der Waals surface area contributed by atoms with Crippen LogP contribution in [0.15, 0.2) is 24.3 Å². The molecule has 5 nitrogen and oxygen atoms in total. The highest BCUT2D eigenvalue weighted by atomic mass is 19.1. The number of aliphatic hydroxyl groups is 1. The maximum Gasteiger partial charge on any atom is 0.315 e. The van der Waals surface area contributed by atoms with Gasteiger partial charge in [0.05, 0.1) is 11.3 Å². The highest BCUT2D eigenvalue weighted by Crippen LogP contribution is 2.28. The van der Waals surface area contributed by atoms with Gasteiger partial charge in [-0.3, -0.25) is 0 Å². The second kappa shape index (κ2) is 7.38. The number of nitrogens with zero attached hydrogens (tertiary/aromatic N) is 1. The summed E-state index contributed by atoms with van der Waals surface area (Å²) in [5.41, 5.74) is -0.159. The molecule has 2 fully saturated rings. The monoisotopic (exact) mass is 335 g/mol. The zero-order valence-electron chi connectivity index (χ0n) is 13.9. The summed E-state index contributed by atoms with van der Waals surface area (Å²) < 4.78 is 13.9. The summed E-state index contributed by atoms with van der Waals surface area (Å²) in [6.45, 7) is 1.68. The van der Waals surface area contributed by atoms with Crippen molar-refractivity contribution in [2.75, 3.05) is 24.5 Å². The lowest BCUT2D eigenvalue weighted by molar-refractivity contribution is 0.0500. The van der Waals surface area contributed by atoms with E-state index in [9.17, 15) is 14.3 Å². The number of anilines is 1. The van der Waals surface area contributed by atoms with E-state index in [1.54, 1.807) is 12.1 Å². The Morgan fingerprint density at radius 2 is 2.04 bits per heavy atom. The Bertz CT molecular complexity index is 575. The molecule has 1 heterocycles. The molecule has 1 aliphatic carbocycles. The Kier molecular flexibility index (Phi) is 5.23. The lowest BCUT2D eigenvalue weighted by Crippen LogP contribution is -2.52. The first-order valence-corrected chi connectivity index (χ1v) is 8.82. The quantitative estimate of drug-likeness (QED) is 0.792. The number of urea groups is 1. The summed E-state index contributed by atoms with van der Waals surface area (Å²) >= 11 is 0. The number of piperidine rings is 1. The Balaban J connectivity index is 1.50. The van der Waals surface area contributed by atoms with Crippen LogP contribution < -0.4 is 15.5 Å². The van der Waals surface area contributed by atoms with Gasteiger partial charge in [0.1, 0.15) is 5.82 Å². The standard InChI is InChI=1S/C18H26FN3O2/c19-15-7-1-2-8-16(15)22-11-5-6-14(12-22)21-17(23)20-13-18(24)9-3-4-10-18/h1-2,7-8,14,24H,3-6,9-13H2,(H2,20,21,23). The van der Waals surface area contributed by atoms with Gasteiger partial charge in [-0.15, -0.1) is 0 Å². The van der Waals surface area contributed by atoms with Crippen molar-refractivity contribution in [3.63, 3.8) is 0 Å². The smallest absolute Gasteiger partial charge is 0.315 e. The molecule has 0 radical (unpaired) electrons. The molecule has 2 amide bonds. The zero-order chi connectivity index (χ0) is 17.0. The first kappa shape index (κ1) is 17.0. The van der Waals surface area contributed by atoms with E-state index in [1.807, 2.05) is 11.0 Å². The van der Waals surface area contributed by atoms with Crippen molar-refractivity contribution in [1.82, 2.24) is 10.6 Å². The van der Waals surface area contributed by atoms with Gasteiger partial charge in [-0.2, -0.15) is 0 Å². The molecule has 132 valence electrons. The zero-order valence-corrected chi connectivity index (χ0v) is 13.9. The van der Waals surface area contributed by atoms with Crippen molar-refractivity contribution in [1.29, 1.82) is 0 Å². The second-order valence-electron chi connectivity index (χ2n) is 7.00. The number of hydrogen-bond donors (Lipinski definition) is 3.